The highest BCUT2D eigenvalue weighted by atomic mass is 16.4. The van der Waals surface area contributed by atoms with Crippen LogP contribution in [0.3, 0.4) is 0 Å². The highest BCUT2D eigenvalue weighted by molar-refractivity contribution is 5.90. The van der Waals surface area contributed by atoms with E-state index in [0.717, 1.165) is 17.5 Å². The van der Waals surface area contributed by atoms with E-state index in [2.05, 4.69) is 0 Å². The maximum absolute atomic E-state index is 13.3. The van der Waals surface area contributed by atoms with E-state index < -0.39 is 17.9 Å². The molecule has 0 aliphatic carbocycles. The smallest absolute Gasteiger partial charge is 0.308 e. The van der Waals surface area contributed by atoms with Crippen molar-refractivity contribution in [1.82, 2.24) is 9.80 Å². The Bertz CT molecular complexity index is 747. The summed E-state index contributed by atoms with van der Waals surface area (Å²) in [5.41, 5.74) is 2.17. The van der Waals surface area contributed by atoms with Crippen LogP contribution in [-0.4, -0.2) is 51.8 Å². The predicted octanol–water partition coefficient (Wildman–Crippen LogP) is 2.17. The fraction of sp³-hybridized carbons (Fsp3) is 0.571. The maximum Gasteiger partial charge on any atom is 0.308 e. The first kappa shape index (κ1) is 19.4. The first-order valence-corrected chi connectivity index (χ1v) is 9.72. The molecule has 0 bridgehead atoms. The summed E-state index contributed by atoms with van der Waals surface area (Å²) in [5.74, 6) is -1.76. The SMILES string of the molecule is CCC(C)C(=O)N1Cc2ccccc2CC1C(=O)N1C[C@@H](C)[C@H](C(=O)O)C1. The number of carbonyl (C=O) groups excluding carboxylic acids is 2. The van der Waals surface area contributed by atoms with Crippen molar-refractivity contribution < 1.29 is 19.5 Å². The summed E-state index contributed by atoms with van der Waals surface area (Å²) in [7, 11) is 0. The van der Waals surface area contributed by atoms with E-state index in [4.69, 9.17) is 0 Å². The van der Waals surface area contributed by atoms with Gasteiger partial charge in [0, 0.05) is 32.0 Å². The molecule has 2 aliphatic heterocycles. The molecule has 3 rings (SSSR count). The van der Waals surface area contributed by atoms with Gasteiger partial charge in [0.15, 0.2) is 0 Å². The van der Waals surface area contributed by atoms with Gasteiger partial charge in [-0.3, -0.25) is 14.4 Å². The number of carboxylic acids is 1. The van der Waals surface area contributed by atoms with Gasteiger partial charge in [-0.05, 0) is 23.5 Å². The lowest BCUT2D eigenvalue weighted by atomic mass is 9.91. The second-order valence-electron chi connectivity index (χ2n) is 7.93. The number of aliphatic carboxylic acids is 1. The topological polar surface area (TPSA) is 77.9 Å². The average molecular weight is 372 g/mol. The van der Waals surface area contributed by atoms with Gasteiger partial charge in [0.1, 0.15) is 6.04 Å². The van der Waals surface area contributed by atoms with Crippen LogP contribution >= 0.6 is 0 Å². The predicted molar refractivity (Wildman–Crippen MR) is 101 cm³/mol. The molecule has 4 atom stereocenters. The van der Waals surface area contributed by atoms with Crippen LogP contribution in [0.1, 0.15) is 38.3 Å². The molecular weight excluding hydrogens is 344 g/mol. The van der Waals surface area contributed by atoms with Crippen LogP contribution in [0, 0.1) is 17.8 Å². The Kier molecular flexibility index (Phi) is 5.53. The third-order valence-electron chi connectivity index (χ3n) is 6.09. The quantitative estimate of drug-likeness (QED) is 0.879. The van der Waals surface area contributed by atoms with Gasteiger partial charge in [-0.1, -0.05) is 45.0 Å². The summed E-state index contributed by atoms with van der Waals surface area (Å²) in [6.45, 7) is 6.81. The van der Waals surface area contributed by atoms with Gasteiger partial charge in [-0.25, -0.2) is 0 Å². The van der Waals surface area contributed by atoms with Gasteiger partial charge in [-0.2, -0.15) is 0 Å². The molecule has 6 heteroatoms. The van der Waals surface area contributed by atoms with Crippen LogP contribution in [0.2, 0.25) is 0 Å². The third kappa shape index (κ3) is 3.70. The minimum Gasteiger partial charge on any atom is -0.481 e. The molecule has 1 saturated heterocycles. The van der Waals surface area contributed by atoms with Crippen LogP contribution in [0.25, 0.3) is 0 Å². The van der Waals surface area contributed by atoms with Gasteiger partial charge >= 0.3 is 5.97 Å². The van der Waals surface area contributed by atoms with Crippen molar-refractivity contribution in [2.45, 2.75) is 46.2 Å². The first-order valence-electron chi connectivity index (χ1n) is 9.72. The summed E-state index contributed by atoms with van der Waals surface area (Å²) in [4.78, 5) is 41.0. The molecule has 1 fully saturated rings. The molecule has 2 unspecified atom stereocenters. The second kappa shape index (κ2) is 7.71. The Balaban J connectivity index is 1.87. The molecule has 27 heavy (non-hydrogen) atoms. The van der Waals surface area contributed by atoms with Crippen molar-refractivity contribution in [3.05, 3.63) is 35.4 Å². The molecule has 1 N–H and O–H groups in total. The molecule has 2 heterocycles. The summed E-state index contributed by atoms with van der Waals surface area (Å²) in [6, 6.07) is 7.36. The number of benzene rings is 1. The zero-order chi connectivity index (χ0) is 19.7. The molecule has 2 amide bonds. The maximum atomic E-state index is 13.3. The number of amides is 2. The zero-order valence-corrected chi connectivity index (χ0v) is 16.2. The van der Waals surface area contributed by atoms with Crippen LogP contribution in [0.5, 0.6) is 0 Å². The van der Waals surface area contributed by atoms with Crippen molar-refractivity contribution >= 4 is 17.8 Å². The lowest BCUT2D eigenvalue weighted by Crippen LogP contribution is -2.54. The van der Waals surface area contributed by atoms with Gasteiger partial charge in [-0.15, -0.1) is 0 Å². The van der Waals surface area contributed by atoms with E-state index in [0.29, 0.717) is 19.5 Å². The van der Waals surface area contributed by atoms with E-state index in [9.17, 15) is 19.5 Å². The minimum atomic E-state index is -0.862. The van der Waals surface area contributed by atoms with Crippen LogP contribution in [-0.2, 0) is 27.3 Å². The molecule has 2 aliphatic rings. The van der Waals surface area contributed by atoms with Gasteiger partial charge in [0.05, 0.1) is 5.92 Å². The van der Waals surface area contributed by atoms with Gasteiger partial charge < -0.3 is 14.9 Å². The van der Waals surface area contributed by atoms with E-state index in [1.165, 1.54) is 0 Å². The molecule has 1 aromatic carbocycles. The molecule has 146 valence electrons. The number of carbonyl (C=O) groups is 3. The summed E-state index contributed by atoms with van der Waals surface area (Å²) >= 11 is 0. The highest BCUT2D eigenvalue weighted by Gasteiger charge is 2.43. The van der Waals surface area contributed by atoms with Crippen molar-refractivity contribution in [2.75, 3.05) is 13.1 Å². The Hall–Kier alpha value is -2.37. The minimum absolute atomic E-state index is 0.00705. The first-order chi connectivity index (χ1) is 12.8. The third-order valence-corrected chi connectivity index (χ3v) is 6.09. The monoisotopic (exact) mass is 372 g/mol. The number of fused-ring (bicyclic) bond motifs is 1. The molecule has 6 nitrogen and oxygen atoms in total. The number of likely N-dealkylation sites (tertiary alicyclic amines) is 1. The fourth-order valence-electron chi connectivity index (χ4n) is 4.11. The Morgan fingerprint density at radius 2 is 1.85 bits per heavy atom. The molecule has 0 spiro atoms. The normalized spacial score (nSPS) is 25.8. The van der Waals surface area contributed by atoms with Crippen LogP contribution in [0.4, 0.5) is 0 Å². The van der Waals surface area contributed by atoms with Crippen molar-refractivity contribution in [3.63, 3.8) is 0 Å². The molecule has 0 aromatic heterocycles. The largest absolute Gasteiger partial charge is 0.481 e. The van der Waals surface area contributed by atoms with Gasteiger partial charge in [0.2, 0.25) is 11.8 Å². The van der Waals surface area contributed by atoms with Crippen LogP contribution < -0.4 is 0 Å². The van der Waals surface area contributed by atoms with E-state index in [1.54, 1.807) is 9.80 Å². The molecule has 0 radical (unpaired) electrons. The van der Waals surface area contributed by atoms with Crippen molar-refractivity contribution in [1.29, 1.82) is 0 Å². The molecular formula is C21H28N2O4. The van der Waals surface area contributed by atoms with Gasteiger partial charge in [0.25, 0.3) is 0 Å². The standard InChI is InChI=1S/C21H28N2O4/c1-4-13(2)19(24)23-11-16-8-6-5-7-15(16)9-18(23)20(25)22-10-14(3)17(12-22)21(26)27/h5-8,13-14,17-18H,4,9-12H2,1-3H3,(H,26,27)/t13?,14-,17-,18?/m1/s1. The summed E-state index contributed by atoms with van der Waals surface area (Å²) in [5, 5.41) is 9.37. The van der Waals surface area contributed by atoms with Crippen molar-refractivity contribution in [2.24, 2.45) is 17.8 Å². The Labute approximate surface area is 160 Å². The van der Waals surface area contributed by atoms with E-state index in [1.807, 2.05) is 45.0 Å². The molecule has 1 aromatic rings. The molecule has 0 saturated carbocycles. The van der Waals surface area contributed by atoms with E-state index >= 15 is 0 Å². The Morgan fingerprint density at radius 3 is 2.44 bits per heavy atom. The summed E-state index contributed by atoms with van der Waals surface area (Å²) < 4.78 is 0. The number of nitrogens with zero attached hydrogens (tertiary/aromatic N) is 2. The summed E-state index contributed by atoms with van der Waals surface area (Å²) in [6.07, 6.45) is 1.21. The lowest BCUT2D eigenvalue weighted by molar-refractivity contribution is -0.149. The number of hydrogen-bond acceptors (Lipinski definition) is 3. The zero-order valence-electron chi connectivity index (χ0n) is 16.2. The highest BCUT2D eigenvalue weighted by Crippen LogP contribution is 2.29. The number of rotatable bonds is 4. The Morgan fingerprint density at radius 1 is 1.19 bits per heavy atom. The fourth-order valence-corrected chi connectivity index (χ4v) is 4.11. The second-order valence-corrected chi connectivity index (χ2v) is 7.93. The number of hydrogen-bond donors (Lipinski definition) is 1. The number of carboxylic acid groups (broad SMARTS) is 1. The van der Waals surface area contributed by atoms with E-state index in [-0.39, 0.29) is 30.2 Å². The lowest BCUT2D eigenvalue weighted by Gasteiger charge is -2.39. The average Bonchev–Trinajstić information content (AvgIpc) is 3.07. The van der Waals surface area contributed by atoms with Crippen LogP contribution in [0.15, 0.2) is 24.3 Å². The van der Waals surface area contributed by atoms with Crippen molar-refractivity contribution in [3.8, 4) is 0 Å².